The number of halogens is 1. The summed E-state index contributed by atoms with van der Waals surface area (Å²) in [6, 6.07) is 5.66. The summed E-state index contributed by atoms with van der Waals surface area (Å²) in [7, 11) is 0. The molecule has 1 saturated heterocycles. The lowest BCUT2D eigenvalue weighted by Gasteiger charge is -2.22. The Balaban J connectivity index is 1.60. The first-order valence-corrected chi connectivity index (χ1v) is 8.37. The highest BCUT2D eigenvalue weighted by molar-refractivity contribution is 5.82. The molecule has 25 heavy (non-hydrogen) atoms. The summed E-state index contributed by atoms with van der Waals surface area (Å²) in [4.78, 5) is 10.7. The molecule has 4 rings (SSSR count). The van der Waals surface area contributed by atoms with E-state index in [4.69, 9.17) is 0 Å². The van der Waals surface area contributed by atoms with Crippen LogP contribution in [0.25, 0.3) is 10.9 Å². The summed E-state index contributed by atoms with van der Waals surface area (Å²) in [6.07, 6.45) is 2.96. The van der Waals surface area contributed by atoms with Gasteiger partial charge in [-0.3, -0.25) is 5.10 Å². The minimum atomic E-state index is -0.475. The first kappa shape index (κ1) is 15.8. The molecule has 3 heterocycles. The van der Waals surface area contributed by atoms with Crippen LogP contribution in [0.4, 0.5) is 21.8 Å². The predicted octanol–water partition coefficient (Wildman–Crippen LogP) is 2.28. The first-order chi connectivity index (χ1) is 12.2. The Hall–Kier alpha value is -2.74. The molecule has 7 nitrogen and oxygen atoms in total. The summed E-state index contributed by atoms with van der Waals surface area (Å²) < 4.78 is 14.2. The number of aromatic amines is 1. The fourth-order valence-corrected chi connectivity index (χ4v) is 3.03. The number of nitrogens with one attached hydrogen (secondary N) is 3. The number of fused-ring (bicyclic) bond motifs is 1. The molecule has 8 heteroatoms. The highest BCUT2D eigenvalue weighted by Gasteiger charge is 2.18. The zero-order valence-corrected chi connectivity index (χ0v) is 14.0. The molecule has 1 aliphatic heterocycles. The molecule has 1 aromatic carbocycles. The van der Waals surface area contributed by atoms with Crippen molar-refractivity contribution < 1.29 is 4.39 Å². The van der Waals surface area contributed by atoms with Crippen molar-refractivity contribution in [1.82, 2.24) is 25.5 Å². The standard InChI is InChI=1S/C17H20FN7/c1-11-7-19-4-5-25(10-11)17-20-9-14(18)16(23-17)22-13-2-3-15-12(6-13)8-21-24-15/h2-3,6,8-9,11,19H,4-5,7,10H2,1H3,(H,21,24)(H,20,22,23). The van der Waals surface area contributed by atoms with Crippen LogP contribution in [0.15, 0.2) is 30.6 Å². The highest BCUT2D eigenvalue weighted by atomic mass is 19.1. The van der Waals surface area contributed by atoms with Gasteiger partial charge in [-0.15, -0.1) is 0 Å². The predicted molar refractivity (Wildman–Crippen MR) is 95.6 cm³/mol. The number of nitrogens with zero attached hydrogens (tertiary/aromatic N) is 4. The Labute approximate surface area is 144 Å². The second-order valence-corrected chi connectivity index (χ2v) is 6.42. The Kier molecular flexibility index (Phi) is 4.19. The van der Waals surface area contributed by atoms with E-state index in [1.54, 1.807) is 6.20 Å². The fourth-order valence-electron chi connectivity index (χ4n) is 3.03. The van der Waals surface area contributed by atoms with E-state index in [9.17, 15) is 4.39 Å². The molecule has 1 atom stereocenters. The first-order valence-electron chi connectivity index (χ1n) is 8.37. The molecule has 1 aliphatic rings. The van der Waals surface area contributed by atoms with Gasteiger partial charge in [-0.1, -0.05) is 6.92 Å². The molecule has 0 spiro atoms. The molecule has 1 unspecified atom stereocenters. The van der Waals surface area contributed by atoms with Crippen molar-refractivity contribution in [3.63, 3.8) is 0 Å². The largest absolute Gasteiger partial charge is 0.339 e. The second kappa shape index (κ2) is 6.64. The van der Waals surface area contributed by atoms with Gasteiger partial charge >= 0.3 is 0 Å². The monoisotopic (exact) mass is 341 g/mol. The van der Waals surface area contributed by atoms with Crippen LogP contribution in [0.2, 0.25) is 0 Å². The molecule has 2 aromatic heterocycles. The van der Waals surface area contributed by atoms with Gasteiger partial charge in [0.1, 0.15) is 0 Å². The Morgan fingerprint density at radius 3 is 3.16 bits per heavy atom. The third-order valence-electron chi connectivity index (χ3n) is 4.30. The lowest BCUT2D eigenvalue weighted by atomic mass is 10.2. The van der Waals surface area contributed by atoms with E-state index in [-0.39, 0.29) is 5.82 Å². The van der Waals surface area contributed by atoms with Crippen LogP contribution in [-0.4, -0.2) is 46.3 Å². The minimum Gasteiger partial charge on any atom is -0.339 e. The summed E-state index contributed by atoms with van der Waals surface area (Å²) in [5, 5.41) is 14.3. The number of aromatic nitrogens is 4. The van der Waals surface area contributed by atoms with Gasteiger partial charge < -0.3 is 15.5 Å². The summed E-state index contributed by atoms with van der Waals surface area (Å²) in [5.74, 6) is 0.731. The van der Waals surface area contributed by atoms with Crippen molar-refractivity contribution in [3.05, 3.63) is 36.4 Å². The quantitative estimate of drug-likeness (QED) is 0.678. The summed E-state index contributed by atoms with van der Waals surface area (Å²) >= 11 is 0. The van der Waals surface area contributed by atoms with Gasteiger partial charge in [0.05, 0.1) is 17.9 Å². The Bertz CT molecular complexity index is 878. The second-order valence-electron chi connectivity index (χ2n) is 6.42. The molecule has 0 aliphatic carbocycles. The summed E-state index contributed by atoms with van der Waals surface area (Å²) in [5.41, 5.74) is 1.68. The zero-order chi connectivity index (χ0) is 17.2. The number of rotatable bonds is 3. The van der Waals surface area contributed by atoms with Gasteiger partial charge in [0, 0.05) is 30.7 Å². The summed E-state index contributed by atoms with van der Waals surface area (Å²) in [6.45, 7) is 5.65. The van der Waals surface area contributed by atoms with E-state index in [0.717, 1.165) is 42.8 Å². The number of hydrogen-bond acceptors (Lipinski definition) is 6. The number of benzene rings is 1. The lowest BCUT2D eigenvalue weighted by molar-refractivity contribution is 0.560. The van der Waals surface area contributed by atoms with Gasteiger partial charge in [0.25, 0.3) is 0 Å². The van der Waals surface area contributed by atoms with Crippen molar-refractivity contribution in [2.75, 3.05) is 36.4 Å². The average Bonchev–Trinajstić information content (AvgIpc) is 2.96. The van der Waals surface area contributed by atoms with Gasteiger partial charge in [-0.25, -0.2) is 9.37 Å². The van der Waals surface area contributed by atoms with E-state index < -0.39 is 5.82 Å². The van der Waals surface area contributed by atoms with Crippen LogP contribution < -0.4 is 15.5 Å². The lowest BCUT2D eigenvalue weighted by Crippen LogP contribution is -2.31. The minimum absolute atomic E-state index is 0.178. The molecule has 3 aromatic rings. The van der Waals surface area contributed by atoms with Crippen LogP contribution >= 0.6 is 0 Å². The van der Waals surface area contributed by atoms with Gasteiger partial charge in [0.15, 0.2) is 11.6 Å². The SMILES string of the molecule is CC1CNCCN(c2ncc(F)c(Nc3ccc4[nH]ncc4c3)n2)C1. The van der Waals surface area contributed by atoms with E-state index in [1.165, 1.54) is 6.20 Å². The molecule has 0 amide bonds. The highest BCUT2D eigenvalue weighted by Crippen LogP contribution is 2.23. The fraction of sp³-hybridized carbons (Fsp3) is 0.353. The maximum absolute atomic E-state index is 14.2. The Morgan fingerprint density at radius 2 is 2.24 bits per heavy atom. The van der Waals surface area contributed by atoms with Crippen LogP contribution in [0, 0.1) is 11.7 Å². The van der Waals surface area contributed by atoms with Crippen molar-refractivity contribution in [1.29, 1.82) is 0 Å². The van der Waals surface area contributed by atoms with Crippen molar-refractivity contribution in [2.24, 2.45) is 5.92 Å². The van der Waals surface area contributed by atoms with Crippen molar-refractivity contribution >= 4 is 28.4 Å². The molecule has 0 bridgehead atoms. The van der Waals surface area contributed by atoms with E-state index in [1.807, 2.05) is 18.2 Å². The van der Waals surface area contributed by atoms with E-state index in [2.05, 4.69) is 42.6 Å². The van der Waals surface area contributed by atoms with Crippen molar-refractivity contribution in [2.45, 2.75) is 6.92 Å². The van der Waals surface area contributed by atoms with E-state index >= 15 is 0 Å². The third kappa shape index (κ3) is 3.39. The molecular formula is C17H20FN7. The third-order valence-corrected chi connectivity index (χ3v) is 4.30. The normalized spacial score (nSPS) is 18.3. The molecular weight excluding hydrogens is 321 g/mol. The van der Waals surface area contributed by atoms with Crippen molar-refractivity contribution in [3.8, 4) is 0 Å². The molecule has 0 saturated carbocycles. The maximum Gasteiger partial charge on any atom is 0.227 e. The van der Waals surface area contributed by atoms with Crippen LogP contribution in [0.1, 0.15) is 6.92 Å². The average molecular weight is 341 g/mol. The number of hydrogen-bond donors (Lipinski definition) is 3. The zero-order valence-electron chi connectivity index (χ0n) is 14.0. The van der Waals surface area contributed by atoms with Gasteiger partial charge in [-0.05, 0) is 30.7 Å². The van der Waals surface area contributed by atoms with Crippen LogP contribution in [0.5, 0.6) is 0 Å². The number of H-pyrrole nitrogens is 1. The smallest absolute Gasteiger partial charge is 0.227 e. The van der Waals surface area contributed by atoms with Crippen LogP contribution in [0.3, 0.4) is 0 Å². The van der Waals surface area contributed by atoms with Gasteiger partial charge in [0.2, 0.25) is 5.95 Å². The van der Waals surface area contributed by atoms with E-state index in [0.29, 0.717) is 11.9 Å². The van der Waals surface area contributed by atoms with Gasteiger partial charge in [-0.2, -0.15) is 10.1 Å². The molecule has 1 fully saturated rings. The Morgan fingerprint density at radius 1 is 1.32 bits per heavy atom. The maximum atomic E-state index is 14.2. The topological polar surface area (TPSA) is 81.8 Å². The number of anilines is 3. The molecule has 3 N–H and O–H groups in total. The molecule has 130 valence electrons. The van der Waals surface area contributed by atoms with Crippen LogP contribution in [-0.2, 0) is 0 Å². The molecule has 0 radical (unpaired) electrons.